The molecule has 1 fully saturated rings. The largest absolute Gasteiger partial charge is 0.516 e. The van der Waals surface area contributed by atoms with Crippen molar-refractivity contribution in [3.05, 3.63) is 35.9 Å². The second-order valence-corrected chi connectivity index (χ2v) is 7.77. The van der Waals surface area contributed by atoms with Crippen molar-refractivity contribution in [3.63, 3.8) is 0 Å². The Bertz CT molecular complexity index is 686. The molecule has 0 spiro atoms. The van der Waals surface area contributed by atoms with E-state index in [4.69, 9.17) is 19.9 Å². The van der Waals surface area contributed by atoms with Crippen LogP contribution in [-0.2, 0) is 25.6 Å². The quantitative estimate of drug-likeness (QED) is 0.606. The third kappa shape index (κ3) is 6.53. The van der Waals surface area contributed by atoms with Crippen LogP contribution in [0.1, 0.15) is 39.2 Å². The Balaban J connectivity index is 2.01. The van der Waals surface area contributed by atoms with Crippen LogP contribution in [-0.4, -0.2) is 47.9 Å². The molecule has 1 saturated heterocycles. The second kappa shape index (κ2) is 9.54. The minimum absolute atomic E-state index is 0.0328. The lowest BCUT2D eigenvalue weighted by atomic mass is 10.0. The number of hydrogen-bond acceptors (Lipinski definition) is 7. The predicted molar refractivity (Wildman–Crippen MR) is 101 cm³/mol. The highest BCUT2D eigenvalue weighted by Gasteiger charge is 2.42. The van der Waals surface area contributed by atoms with Gasteiger partial charge in [-0.05, 0) is 51.6 Å². The Morgan fingerprint density at radius 2 is 1.86 bits per heavy atom. The summed E-state index contributed by atoms with van der Waals surface area (Å²) in [6.45, 7) is 5.84. The molecule has 0 radical (unpaired) electrons. The molecule has 1 aliphatic heterocycles. The van der Waals surface area contributed by atoms with Crippen molar-refractivity contribution in [2.24, 2.45) is 11.7 Å². The summed E-state index contributed by atoms with van der Waals surface area (Å²) in [7, 11) is 0. The van der Waals surface area contributed by atoms with Gasteiger partial charge in [-0.1, -0.05) is 30.3 Å². The first-order valence-corrected chi connectivity index (χ1v) is 9.31. The lowest BCUT2D eigenvalue weighted by molar-refractivity contribution is -0.146. The Labute approximate surface area is 164 Å². The lowest BCUT2D eigenvalue weighted by Crippen LogP contribution is -2.42. The Morgan fingerprint density at radius 1 is 1.18 bits per heavy atom. The molecule has 154 valence electrons. The Morgan fingerprint density at radius 3 is 2.46 bits per heavy atom. The molecule has 0 aliphatic carbocycles. The van der Waals surface area contributed by atoms with Gasteiger partial charge in [0, 0.05) is 6.54 Å². The highest BCUT2D eigenvalue weighted by molar-refractivity contribution is 5.88. The lowest BCUT2D eigenvalue weighted by Gasteiger charge is -2.23. The number of ether oxygens (including phenoxy) is 3. The number of esters is 1. The molecule has 2 N–H and O–H groups in total. The number of amides is 1. The fourth-order valence-electron chi connectivity index (χ4n) is 3.02. The zero-order valence-electron chi connectivity index (χ0n) is 16.6. The van der Waals surface area contributed by atoms with Gasteiger partial charge in [0.1, 0.15) is 18.2 Å². The molecule has 0 saturated carbocycles. The van der Waals surface area contributed by atoms with E-state index in [1.807, 2.05) is 30.3 Å². The van der Waals surface area contributed by atoms with Crippen molar-refractivity contribution in [1.82, 2.24) is 4.90 Å². The summed E-state index contributed by atoms with van der Waals surface area (Å²) in [5.74, 6) is -0.795. The number of nitrogens with zero attached hydrogens (tertiary/aromatic N) is 1. The van der Waals surface area contributed by atoms with Crippen molar-refractivity contribution in [2.45, 2.75) is 51.9 Å². The maximum atomic E-state index is 12.5. The summed E-state index contributed by atoms with van der Waals surface area (Å²) in [6.07, 6.45) is -0.704. The summed E-state index contributed by atoms with van der Waals surface area (Å²) in [5.41, 5.74) is 5.66. The molecule has 2 atom stereocenters. The second-order valence-electron chi connectivity index (χ2n) is 7.77. The van der Waals surface area contributed by atoms with Crippen LogP contribution in [0.15, 0.2) is 30.3 Å². The molecule has 8 nitrogen and oxygen atoms in total. The van der Waals surface area contributed by atoms with Crippen molar-refractivity contribution in [2.75, 3.05) is 13.1 Å². The molecule has 8 heteroatoms. The van der Waals surface area contributed by atoms with Gasteiger partial charge in [-0.15, -0.1) is 0 Å². The summed E-state index contributed by atoms with van der Waals surface area (Å²) in [4.78, 5) is 38.1. The van der Waals surface area contributed by atoms with Gasteiger partial charge in [0.15, 0.2) is 0 Å². The van der Waals surface area contributed by atoms with E-state index < -0.39 is 29.9 Å². The van der Waals surface area contributed by atoms with Crippen LogP contribution >= 0.6 is 0 Å². The van der Waals surface area contributed by atoms with E-state index >= 15 is 0 Å². The monoisotopic (exact) mass is 392 g/mol. The molecule has 1 heterocycles. The highest BCUT2D eigenvalue weighted by atomic mass is 16.7. The first-order chi connectivity index (χ1) is 13.2. The number of carbonyl (C=O) groups is 3. The van der Waals surface area contributed by atoms with E-state index in [2.05, 4.69) is 0 Å². The van der Waals surface area contributed by atoms with Gasteiger partial charge >= 0.3 is 18.2 Å². The molecule has 1 aliphatic rings. The van der Waals surface area contributed by atoms with E-state index in [1.54, 1.807) is 20.8 Å². The molecule has 2 rings (SSSR count). The van der Waals surface area contributed by atoms with Gasteiger partial charge in [0.25, 0.3) is 0 Å². The van der Waals surface area contributed by atoms with Gasteiger partial charge in [-0.3, -0.25) is 4.90 Å². The van der Waals surface area contributed by atoms with Crippen LogP contribution in [0.5, 0.6) is 0 Å². The van der Waals surface area contributed by atoms with Gasteiger partial charge in [-0.25, -0.2) is 14.4 Å². The highest BCUT2D eigenvalue weighted by Crippen LogP contribution is 2.27. The number of benzene rings is 1. The zero-order valence-corrected chi connectivity index (χ0v) is 16.6. The number of likely N-dealkylation sites (tertiary alicyclic amines) is 1. The third-order valence-electron chi connectivity index (χ3n) is 4.25. The average Bonchev–Trinajstić information content (AvgIpc) is 3.03. The smallest absolute Gasteiger partial charge is 0.445 e. The molecular formula is C20H28N2O6. The molecule has 0 aromatic heterocycles. The molecule has 1 amide bonds. The first kappa shape index (κ1) is 21.7. The minimum Gasteiger partial charge on any atom is -0.445 e. The van der Waals surface area contributed by atoms with E-state index in [9.17, 15) is 14.4 Å². The first-order valence-electron chi connectivity index (χ1n) is 9.31. The fraction of sp³-hybridized carbons (Fsp3) is 0.550. The van der Waals surface area contributed by atoms with Gasteiger partial charge in [0.05, 0.1) is 0 Å². The van der Waals surface area contributed by atoms with Crippen LogP contribution in [0.3, 0.4) is 0 Å². The summed E-state index contributed by atoms with van der Waals surface area (Å²) < 4.78 is 15.1. The zero-order chi connectivity index (χ0) is 20.7. The van der Waals surface area contributed by atoms with Crippen LogP contribution in [0.2, 0.25) is 0 Å². The van der Waals surface area contributed by atoms with Crippen molar-refractivity contribution in [3.8, 4) is 0 Å². The van der Waals surface area contributed by atoms with Crippen molar-refractivity contribution in [1.29, 1.82) is 0 Å². The standard InChI is InChI=1S/C20H28N2O6/c1-20(2,3)28-19(25)27-17(23)16-11-15(9-10-21)12-22(16)18(24)26-13-14-7-5-4-6-8-14/h4-8,15-16H,9-13,21H2,1-3H3/t15-,16+/m1/s1. The van der Waals surface area contributed by atoms with Gasteiger partial charge < -0.3 is 19.9 Å². The fourth-order valence-corrected chi connectivity index (χ4v) is 3.02. The Kier molecular flexibility index (Phi) is 7.39. The topological polar surface area (TPSA) is 108 Å². The van der Waals surface area contributed by atoms with Crippen LogP contribution < -0.4 is 5.73 Å². The maximum Gasteiger partial charge on any atom is 0.516 e. The van der Waals surface area contributed by atoms with Crippen LogP contribution in [0.25, 0.3) is 0 Å². The van der Waals surface area contributed by atoms with Crippen LogP contribution in [0.4, 0.5) is 9.59 Å². The van der Waals surface area contributed by atoms with E-state index in [0.29, 0.717) is 25.9 Å². The van der Waals surface area contributed by atoms with E-state index in [1.165, 1.54) is 4.90 Å². The normalized spacial score (nSPS) is 19.2. The minimum atomic E-state index is -1.09. The molecule has 28 heavy (non-hydrogen) atoms. The van der Waals surface area contributed by atoms with Gasteiger partial charge in [0.2, 0.25) is 0 Å². The average molecular weight is 392 g/mol. The van der Waals surface area contributed by atoms with E-state index in [-0.39, 0.29) is 12.5 Å². The molecule has 0 unspecified atom stereocenters. The third-order valence-corrected chi connectivity index (χ3v) is 4.25. The maximum absolute atomic E-state index is 12.5. The SMILES string of the molecule is CC(C)(C)OC(=O)OC(=O)[C@@H]1C[C@@H](CCN)CN1C(=O)OCc1ccccc1. The summed E-state index contributed by atoms with van der Waals surface area (Å²) in [6, 6.07) is 8.32. The van der Waals surface area contributed by atoms with Crippen molar-refractivity contribution >= 4 is 18.2 Å². The van der Waals surface area contributed by atoms with E-state index in [0.717, 1.165) is 5.56 Å². The van der Waals surface area contributed by atoms with Crippen LogP contribution in [0, 0.1) is 5.92 Å². The Hall–Kier alpha value is -2.61. The number of hydrogen-bond donors (Lipinski definition) is 1. The molecule has 0 bridgehead atoms. The molecule has 1 aromatic carbocycles. The van der Waals surface area contributed by atoms with Gasteiger partial charge in [-0.2, -0.15) is 0 Å². The number of rotatable bonds is 5. The summed E-state index contributed by atoms with van der Waals surface area (Å²) in [5, 5.41) is 0. The predicted octanol–water partition coefficient (Wildman–Crippen LogP) is 2.84. The summed E-state index contributed by atoms with van der Waals surface area (Å²) >= 11 is 0. The molecule has 1 aromatic rings. The number of nitrogens with two attached hydrogens (primary N) is 1. The van der Waals surface area contributed by atoms with Crippen molar-refractivity contribution < 1.29 is 28.6 Å². The number of carbonyl (C=O) groups excluding carboxylic acids is 3. The molecular weight excluding hydrogens is 364 g/mol.